The Labute approximate surface area is 511 Å². The Morgan fingerprint density at radius 3 is 0.759 bits per heavy atom. The number of carbonyl (C=O) groups excluding carboxylic acids is 3. The van der Waals surface area contributed by atoms with Gasteiger partial charge in [-0.1, -0.05) is 281 Å². The van der Waals surface area contributed by atoms with Gasteiger partial charge in [0.15, 0.2) is 6.10 Å². The number of hydrogen-bond acceptors (Lipinski definition) is 6. The summed E-state index contributed by atoms with van der Waals surface area (Å²) in [5.41, 5.74) is 0. The molecule has 6 nitrogen and oxygen atoms in total. The largest absolute Gasteiger partial charge is 0.462 e. The highest BCUT2D eigenvalue weighted by Crippen LogP contribution is 2.15. The monoisotopic (exact) mass is 1140 g/mol. The summed E-state index contributed by atoms with van der Waals surface area (Å²) in [5.74, 6) is -0.952. The van der Waals surface area contributed by atoms with E-state index in [0.29, 0.717) is 19.3 Å². The minimum absolute atomic E-state index is 0.101. The van der Waals surface area contributed by atoms with E-state index >= 15 is 0 Å². The molecule has 0 aliphatic heterocycles. The van der Waals surface area contributed by atoms with E-state index in [1.807, 2.05) is 0 Å². The van der Waals surface area contributed by atoms with Crippen molar-refractivity contribution in [2.75, 3.05) is 13.2 Å². The molecule has 0 aromatic heterocycles. The fraction of sp³-hybridized carbons (Fsp3) is 0.597. The van der Waals surface area contributed by atoms with Gasteiger partial charge in [-0.3, -0.25) is 14.4 Å². The topological polar surface area (TPSA) is 78.9 Å². The quantitative estimate of drug-likeness (QED) is 0.0261. The first-order valence-electron chi connectivity index (χ1n) is 33.6. The van der Waals surface area contributed by atoms with Gasteiger partial charge in [0.05, 0.1) is 0 Å². The maximum atomic E-state index is 12.9. The van der Waals surface area contributed by atoms with Crippen LogP contribution in [-0.2, 0) is 28.6 Å². The molecule has 0 heterocycles. The van der Waals surface area contributed by atoms with Gasteiger partial charge in [-0.05, 0) is 148 Å². The second-order valence-electron chi connectivity index (χ2n) is 21.6. The Balaban J connectivity index is 4.38. The lowest BCUT2D eigenvalue weighted by Gasteiger charge is -2.18. The summed E-state index contributed by atoms with van der Waals surface area (Å²) in [6.07, 6.45) is 102. The minimum Gasteiger partial charge on any atom is -0.462 e. The summed E-state index contributed by atoms with van der Waals surface area (Å²) in [6, 6.07) is 0. The molecule has 0 aliphatic rings. The SMILES string of the molecule is CC/C=C\C/C=C\C/C=C\C/C=C\C/C=C\C/C=C\C/C=C\C/C=C\C/C=C\CCCCCC(=O)OCC(COC(=O)CCCCCCC/C=C\CCCC)OC(=O)CCCCCCCCCCCC/C=C\C/C=C\C/C=C\C/C=C\CC. The summed E-state index contributed by atoms with van der Waals surface area (Å²) in [4.78, 5) is 38.3. The predicted octanol–water partition coefficient (Wildman–Crippen LogP) is 23.4. The van der Waals surface area contributed by atoms with Crippen molar-refractivity contribution in [2.45, 2.75) is 284 Å². The van der Waals surface area contributed by atoms with Crippen molar-refractivity contribution in [1.29, 1.82) is 0 Å². The zero-order chi connectivity index (χ0) is 59.9. The van der Waals surface area contributed by atoms with Crippen molar-refractivity contribution in [3.63, 3.8) is 0 Å². The van der Waals surface area contributed by atoms with Gasteiger partial charge in [-0.15, -0.1) is 0 Å². The van der Waals surface area contributed by atoms with Gasteiger partial charge in [0.25, 0.3) is 0 Å². The second-order valence-corrected chi connectivity index (χ2v) is 21.6. The number of hydrogen-bond donors (Lipinski definition) is 0. The molecule has 0 saturated carbocycles. The van der Waals surface area contributed by atoms with Gasteiger partial charge >= 0.3 is 17.9 Å². The van der Waals surface area contributed by atoms with Gasteiger partial charge in [0, 0.05) is 19.3 Å². The maximum Gasteiger partial charge on any atom is 0.306 e. The lowest BCUT2D eigenvalue weighted by atomic mass is 10.0. The molecule has 0 aliphatic carbocycles. The van der Waals surface area contributed by atoms with Gasteiger partial charge in [-0.25, -0.2) is 0 Å². The molecule has 0 fully saturated rings. The van der Waals surface area contributed by atoms with Crippen molar-refractivity contribution >= 4 is 17.9 Å². The number of rotatable bonds is 59. The van der Waals surface area contributed by atoms with Gasteiger partial charge in [0.2, 0.25) is 0 Å². The first-order chi connectivity index (χ1) is 41.0. The summed E-state index contributed by atoms with van der Waals surface area (Å²) < 4.78 is 16.9. The normalized spacial score (nSPS) is 13.2. The zero-order valence-corrected chi connectivity index (χ0v) is 53.4. The summed E-state index contributed by atoms with van der Waals surface area (Å²) in [6.45, 7) is 6.34. The van der Waals surface area contributed by atoms with Crippen molar-refractivity contribution in [1.82, 2.24) is 0 Å². The van der Waals surface area contributed by atoms with Crippen LogP contribution < -0.4 is 0 Å². The Kier molecular flexibility index (Phi) is 64.9. The molecular weight excluding hydrogens is 1020 g/mol. The molecule has 0 amide bonds. The van der Waals surface area contributed by atoms with Crippen molar-refractivity contribution in [3.8, 4) is 0 Å². The number of allylic oxidation sites excluding steroid dienone is 28. The van der Waals surface area contributed by atoms with Gasteiger partial charge in [0.1, 0.15) is 13.2 Å². The van der Waals surface area contributed by atoms with Crippen molar-refractivity contribution in [3.05, 3.63) is 170 Å². The molecule has 0 aromatic carbocycles. The van der Waals surface area contributed by atoms with Crippen LogP contribution in [0.3, 0.4) is 0 Å². The first kappa shape index (κ1) is 77.8. The third kappa shape index (κ3) is 67.4. The fourth-order valence-electron chi connectivity index (χ4n) is 8.70. The van der Waals surface area contributed by atoms with Crippen LogP contribution in [0.1, 0.15) is 278 Å². The average Bonchev–Trinajstić information content (AvgIpc) is 3.48. The lowest BCUT2D eigenvalue weighted by molar-refractivity contribution is -0.167. The first-order valence-corrected chi connectivity index (χ1v) is 33.6. The number of unbranched alkanes of at least 4 members (excludes halogenated alkanes) is 20. The molecule has 466 valence electrons. The van der Waals surface area contributed by atoms with Crippen LogP contribution in [0.25, 0.3) is 0 Å². The van der Waals surface area contributed by atoms with E-state index in [-0.39, 0.29) is 31.1 Å². The van der Waals surface area contributed by atoms with Crippen molar-refractivity contribution in [2.24, 2.45) is 0 Å². The van der Waals surface area contributed by atoms with Gasteiger partial charge < -0.3 is 14.2 Å². The highest BCUT2D eigenvalue weighted by Gasteiger charge is 2.19. The molecule has 83 heavy (non-hydrogen) atoms. The number of esters is 3. The molecule has 0 radical (unpaired) electrons. The molecule has 0 rings (SSSR count). The van der Waals surface area contributed by atoms with E-state index < -0.39 is 6.10 Å². The molecule has 1 atom stereocenters. The minimum atomic E-state index is -0.807. The predicted molar refractivity (Wildman–Crippen MR) is 361 cm³/mol. The highest BCUT2D eigenvalue weighted by atomic mass is 16.6. The van der Waals surface area contributed by atoms with Gasteiger partial charge in [-0.2, -0.15) is 0 Å². The van der Waals surface area contributed by atoms with Crippen LogP contribution in [0.15, 0.2) is 170 Å². The Morgan fingerprint density at radius 2 is 0.470 bits per heavy atom. The zero-order valence-electron chi connectivity index (χ0n) is 53.4. The van der Waals surface area contributed by atoms with Crippen LogP contribution in [0.5, 0.6) is 0 Å². The van der Waals surface area contributed by atoms with Crippen molar-refractivity contribution < 1.29 is 28.6 Å². The third-order valence-electron chi connectivity index (χ3n) is 13.7. The van der Waals surface area contributed by atoms with Crippen LogP contribution in [0.4, 0.5) is 0 Å². The third-order valence-corrected chi connectivity index (χ3v) is 13.7. The molecular formula is C77H122O6. The van der Waals surface area contributed by atoms with Crippen LogP contribution in [-0.4, -0.2) is 37.2 Å². The Morgan fingerprint density at radius 1 is 0.253 bits per heavy atom. The van der Waals surface area contributed by atoms with E-state index in [1.54, 1.807) is 0 Å². The van der Waals surface area contributed by atoms with Crippen LogP contribution in [0, 0.1) is 0 Å². The second kappa shape index (κ2) is 69.3. The van der Waals surface area contributed by atoms with Crippen LogP contribution in [0.2, 0.25) is 0 Å². The fourth-order valence-corrected chi connectivity index (χ4v) is 8.70. The van der Waals surface area contributed by atoms with E-state index in [9.17, 15) is 14.4 Å². The molecule has 1 unspecified atom stereocenters. The van der Waals surface area contributed by atoms with E-state index in [1.165, 1.54) is 77.0 Å². The smallest absolute Gasteiger partial charge is 0.306 e. The maximum absolute atomic E-state index is 12.9. The van der Waals surface area contributed by atoms with E-state index in [2.05, 4.69) is 191 Å². The Bertz CT molecular complexity index is 1890. The summed E-state index contributed by atoms with van der Waals surface area (Å²) in [7, 11) is 0. The van der Waals surface area contributed by atoms with E-state index in [0.717, 1.165) is 161 Å². The summed E-state index contributed by atoms with van der Waals surface area (Å²) >= 11 is 0. The molecule has 0 N–H and O–H groups in total. The lowest BCUT2D eigenvalue weighted by Crippen LogP contribution is -2.30. The molecule has 6 heteroatoms. The average molecular weight is 1140 g/mol. The van der Waals surface area contributed by atoms with Crippen LogP contribution >= 0.6 is 0 Å². The molecule has 0 aromatic rings. The summed E-state index contributed by atoms with van der Waals surface area (Å²) in [5, 5.41) is 0. The highest BCUT2D eigenvalue weighted by molar-refractivity contribution is 5.71. The molecule has 0 saturated heterocycles. The molecule has 0 spiro atoms. The standard InChI is InChI=1S/C77H122O6/c1-4-7-10-13-16-19-22-24-26-28-30-32-34-35-36-37-38-39-40-41-43-44-46-48-50-52-55-58-61-64-67-70-76(79)82-73-74(72-81-75(78)69-66-63-60-57-54-21-18-15-12-9-6-3)83-77(80)71-68-65-62-59-56-53-51-49-47-45-42-33-31-29-27-25-23-20-17-14-11-8-5-2/h7-8,10-11,15-20,24-27,30-33,35-36,38-39,41,43,46,48,52,55,74H,4-6,9,12-14,21-23,28-29,34,37,40,42,44-45,47,49-51,53-54,56-73H2,1-3H3/b10-7-,11-8-,18-15-,19-16-,20-17-,26-24-,27-25-,32-30-,33-31-,36-35-,39-38-,43-41-,48-46-,55-52-. The molecule has 0 bridgehead atoms. The van der Waals surface area contributed by atoms with E-state index in [4.69, 9.17) is 14.2 Å². The Hall–Kier alpha value is -5.23. The number of carbonyl (C=O) groups is 3. The number of ether oxygens (including phenoxy) is 3.